The Morgan fingerprint density at radius 2 is 2.29 bits per heavy atom. The first-order valence-electron chi connectivity index (χ1n) is 3.88. The molecule has 14 heavy (non-hydrogen) atoms. The highest BCUT2D eigenvalue weighted by Crippen LogP contribution is 2.19. The quantitative estimate of drug-likeness (QED) is 0.759. The maximum absolute atomic E-state index is 12.9. The molecule has 3 nitrogen and oxygen atoms in total. The van der Waals surface area contributed by atoms with Crippen molar-refractivity contribution in [3.05, 3.63) is 24.0 Å². The number of benzene rings is 1. The molecule has 0 aromatic heterocycles. The van der Waals surface area contributed by atoms with Gasteiger partial charge in [-0.15, -0.1) is 12.6 Å². The van der Waals surface area contributed by atoms with Crippen molar-refractivity contribution in [2.45, 2.75) is 17.9 Å². The number of carbonyl (C=O) groups is 1. The van der Waals surface area contributed by atoms with Gasteiger partial charge < -0.3 is 9.84 Å². The van der Waals surface area contributed by atoms with E-state index in [2.05, 4.69) is 12.6 Å². The molecule has 0 aliphatic carbocycles. The van der Waals surface area contributed by atoms with Gasteiger partial charge >= 0.3 is 5.97 Å². The van der Waals surface area contributed by atoms with Crippen LogP contribution in [0.25, 0.3) is 0 Å². The Hall–Kier alpha value is -1.23. The van der Waals surface area contributed by atoms with Crippen LogP contribution in [0.15, 0.2) is 23.1 Å². The van der Waals surface area contributed by atoms with Gasteiger partial charge in [-0.3, -0.25) is 0 Å². The standard InChI is InChI=1S/C9H9FO3S/c1-5(9(11)12)13-6-2-3-8(14)7(10)4-6/h2-5,14H,1H3,(H,11,12). The monoisotopic (exact) mass is 216 g/mol. The van der Waals surface area contributed by atoms with E-state index in [4.69, 9.17) is 9.84 Å². The average Bonchev–Trinajstić information content (AvgIpc) is 2.11. The van der Waals surface area contributed by atoms with E-state index in [1.54, 1.807) is 0 Å². The summed E-state index contributed by atoms with van der Waals surface area (Å²) in [5, 5.41) is 8.53. The molecule has 0 heterocycles. The van der Waals surface area contributed by atoms with Crippen LogP contribution < -0.4 is 4.74 Å². The van der Waals surface area contributed by atoms with E-state index >= 15 is 0 Å². The third-order valence-electron chi connectivity index (χ3n) is 1.58. The fourth-order valence-corrected chi connectivity index (χ4v) is 0.955. The average molecular weight is 216 g/mol. The van der Waals surface area contributed by atoms with Gasteiger partial charge in [0.15, 0.2) is 6.10 Å². The molecule has 0 aliphatic rings. The molecule has 1 unspecified atom stereocenters. The van der Waals surface area contributed by atoms with Crippen LogP contribution >= 0.6 is 12.6 Å². The Bertz CT molecular complexity index is 354. The summed E-state index contributed by atoms with van der Waals surface area (Å²) >= 11 is 3.83. The van der Waals surface area contributed by atoms with Gasteiger partial charge in [0.2, 0.25) is 0 Å². The van der Waals surface area contributed by atoms with E-state index in [1.165, 1.54) is 19.1 Å². The van der Waals surface area contributed by atoms with E-state index in [0.717, 1.165) is 6.07 Å². The lowest BCUT2D eigenvalue weighted by Gasteiger charge is -2.10. The van der Waals surface area contributed by atoms with Crippen LogP contribution in [-0.2, 0) is 4.79 Å². The number of halogens is 1. The molecule has 1 N–H and O–H groups in total. The van der Waals surface area contributed by atoms with E-state index in [0.29, 0.717) is 0 Å². The second-order valence-electron chi connectivity index (χ2n) is 2.71. The minimum Gasteiger partial charge on any atom is -0.479 e. The Morgan fingerprint density at radius 1 is 1.64 bits per heavy atom. The summed E-state index contributed by atoms with van der Waals surface area (Å²) in [4.78, 5) is 10.6. The van der Waals surface area contributed by atoms with Crippen molar-refractivity contribution in [2.75, 3.05) is 0 Å². The SMILES string of the molecule is CC(Oc1ccc(S)c(F)c1)C(=O)O. The van der Waals surface area contributed by atoms with Crippen molar-refractivity contribution in [1.29, 1.82) is 0 Å². The molecular formula is C9H9FO3S. The fraction of sp³-hybridized carbons (Fsp3) is 0.222. The third-order valence-corrected chi connectivity index (χ3v) is 1.94. The number of carboxylic acid groups (broad SMARTS) is 1. The fourth-order valence-electron chi connectivity index (χ4n) is 0.815. The van der Waals surface area contributed by atoms with Crippen LogP contribution in [0.5, 0.6) is 5.75 Å². The van der Waals surface area contributed by atoms with Gasteiger partial charge in [-0.25, -0.2) is 9.18 Å². The molecule has 0 fully saturated rings. The number of rotatable bonds is 3. The van der Waals surface area contributed by atoms with Gasteiger partial charge in [-0.05, 0) is 19.1 Å². The van der Waals surface area contributed by atoms with Crippen LogP contribution in [0.1, 0.15) is 6.92 Å². The zero-order chi connectivity index (χ0) is 10.7. The van der Waals surface area contributed by atoms with Crippen LogP contribution in [0, 0.1) is 5.82 Å². The van der Waals surface area contributed by atoms with Crippen LogP contribution in [0.2, 0.25) is 0 Å². The predicted molar refractivity (Wildman–Crippen MR) is 51.4 cm³/mol. The number of ether oxygens (including phenoxy) is 1. The summed E-state index contributed by atoms with van der Waals surface area (Å²) in [5.74, 6) is -1.46. The number of hydrogen-bond donors (Lipinski definition) is 2. The first-order valence-corrected chi connectivity index (χ1v) is 4.33. The summed E-state index contributed by atoms with van der Waals surface area (Å²) in [6.45, 7) is 1.37. The highest BCUT2D eigenvalue weighted by Gasteiger charge is 2.12. The molecule has 1 rings (SSSR count). The van der Waals surface area contributed by atoms with Gasteiger partial charge in [-0.1, -0.05) is 0 Å². The summed E-state index contributed by atoms with van der Waals surface area (Å²) in [5.41, 5.74) is 0. The third kappa shape index (κ3) is 2.63. The lowest BCUT2D eigenvalue weighted by molar-refractivity contribution is -0.144. The molecule has 0 bridgehead atoms. The summed E-state index contributed by atoms with van der Waals surface area (Å²) in [7, 11) is 0. The topological polar surface area (TPSA) is 46.5 Å². The summed E-state index contributed by atoms with van der Waals surface area (Å²) in [6.07, 6.45) is -1.000. The Kier molecular flexibility index (Phi) is 3.35. The lowest BCUT2D eigenvalue weighted by atomic mass is 10.3. The minimum atomic E-state index is -1.10. The Balaban J connectivity index is 2.78. The second kappa shape index (κ2) is 4.32. The molecule has 0 radical (unpaired) electrons. The molecule has 76 valence electrons. The van der Waals surface area contributed by atoms with Gasteiger partial charge in [0.1, 0.15) is 11.6 Å². The maximum atomic E-state index is 12.9. The number of aliphatic carboxylic acids is 1. The summed E-state index contributed by atoms with van der Waals surface area (Å²) in [6, 6.07) is 3.97. The molecule has 1 atom stereocenters. The minimum absolute atomic E-state index is 0.176. The van der Waals surface area contributed by atoms with Gasteiger partial charge in [0, 0.05) is 11.0 Å². The van der Waals surface area contributed by atoms with E-state index < -0.39 is 17.9 Å². The summed E-state index contributed by atoms with van der Waals surface area (Å²) < 4.78 is 17.9. The van der Waals surface area contributed by atoms with Crippen molar-refractivity contribution in [1.82, 2.24) is 0 Å². The molecule has 0 saturated carbocycles. The van der Waals surface area contributed by atoms with E-state index in [-0.39, 0.29) is 10.6 Å². The number of carboxylic acids is 1. The van der Waals surface area contributed by atoms with Crippen molar-refractivity contribution in [3.8, 4) is 5.75 Å². The van der Waals surface area contributed by atoms with Gasteiger partial charge in [0.25, 0.3) is 0 Å². The second-order valence-corrected chi connectivity index (χ2v) is 3.19. The van der Waals surface area contributed by atoms with Crippen molar-refractivity contribution in [2.24, 2.45) is 0 Å². The number of thiol groups is 1. The predicted octanol–water partition coefficient (Wildman–Crippen LogP) is 1.97. The molecule has 0 aliphatic heterocycles. The molecular weight excluding hydrogens is 207 g/mol. The highest BCUT2D eigenvalue weighted by atomic mass is 32.1. The zero-order valence-corrected chi connectivity index (χ0v) is 8.29. The maximum Gasteiger partial charge on any atom is 0.344 e. The first-order chi connectivity index (χ1) is 6.50. The highest BCUT2D eigenvalue weighted by molar-refractivity contribution is 7.80. The Morgan fingerprint density at radius 3 is 2.79 bits per heavy atom. The van der Waals surface area contributed by atoms with Crippen LogP contribution in [-0.4, -0.2) is 17.2 Å². The molecule has 0 saturated heterocycles. The van der Waals surface area contributed by atoms with Crippen molar-refractivity contribution < 1.29 is 19.0 Å². The van der Waals surface area contributed by atoms with E-state index in [1.807, 2.05) is 0 Å². The number of hydrogen-bond acceptors (Lipinski definition) is 3. The van der Waals surface area contributed by atoms with Crippen molar-refractivity contribution in [3.63, 3.8) is 0 Å². The molecule has 0 amide bonds. The first kappa shape index (κ1) is 10.8. The molecule has 1 aromatic rings. The molecule has 5 heteroatoms. The normalized spacial score (nSPS) is 12.2. The molecule has 1 aromatic carbocycles. The van der Waals surface area contributed by atoms with Gasteiger partial charge in [-0.2, -0.15) is 0 Å². The molecule has 0 spiro atoms. The van der Waals surface area contributed by atoms with Crippen molar-refractivity contribution >= 4 is 18.6 Å². The Labute approximate surface area is 85.9 Å². The zero-order valence-electron chi connectivity index (χ0n) is 7.40. The smallest absolute Gasteiger partial charge is 0.344 e. The lowest BCUT2D eigenvalue weighted by Crippen LogP contribution is -2.22. The van der Waals surface area contributed by atoms with Gasteiger partial charge in [0.05, 0.1) is 0 Å². The van der Waals surface area contributed by atoms with E-state index in [9.17, 15) is 9.18 Å². The van der Waals surface area contributed by atoms with Crippen LogP contribution in [0.3, 0.4) is 0 Å². The van der Waals surface area contributed by atoms with Crippen LogP contribution in [0.4, 0.5) is 4.39 Å². The largest absolute Gasteiger partial charge is 0.479 e.